The van der Waals surface area contributed by atoms with Gasteiger partial charge in [0.1, 0.15) is 17.9 Å². The van der Waals surface area contributed by atoms with E-state index < -0.39 is 29.7 Å². The van der Waals surface area contributed by atoms with Crippen LogP contribution in [-0.4, -0.2) is 38.6 Å². The lowest BCUT2D eigenvalue weighted by molar-refractivity contribution is -0.0459. The normalized spacial score (nSPS) is 27.1. The van der Waals surface area contributed by atoms with Crippen LogP contribution in [0.1, 0.15) is 18.2 Å². The molecule has 7 heteroatoms. The molecule has 0 unspecified atom stereocenters. The van der Waals surface area contributed by atoms with Gasteiger partial charge in [0.05, 0.1) is 12.7 Å². The fourth-order valence-corrected chi connectivity index (χ4v) is 1.85. The Bertz CT molecular complexity index is 597. The van der Waals surface area contributed by atoms with Gasteiger partial charge in [0.25, 0.3) is 5.56 Å². The second kappa shape index (κ2) is 4.78. The number of nitrogens with one attached hydrogen (secondary N) is 1. The van der Waals surface area contributed by atoms with Crippen LogP contribution >= 0.6 is 0 Å². The van der Waals surface area contributed by atoms with Gasteiger partial charge in [0, 0.05) is 12.6 Å². The average molecular weight is 253 g/mol. The van der Waals surface area contributed by atoms with Crippen molar-refractivity contribution < 1.29 is 14.9 Å². The molecule has 2 rings (SSSR count). The minimum Gasteiger partial charge on any atom is -0.394 e. The van der Waals surface area contributed by atoms with Gasteiger partial charge >= 0.3 is 5.69 Å². The van der Waals surface area contributed by atoms with Gasteiger partial charge in [0.2, 0.25) is 0 Å². The summed E-state index contributed by atoms with van der Waals surface area (Å²) in [5.41, 5.74) is -1.31. The number of hydrogen-bond donors (Lipinski definition) is 3. The molecule has 1 fully saturated rings. The van der Waals surface area contributed by atoms with Crippen molar-refractivity contribution in [3.63, 3.8) is 0 Å². The zero-order valence-electron chi connectivity index (χ0n) is 9.37. The number of aliphatic hydroxyl groups is 2. The van der Waals surface area contributed by atoms with Crippen LogP contribution in [0.2, 0.25) is 0 Å². The van der Waals surface area contributed by atoms with Crippen molar-refractivity contribution in [1.82, 2.24) is 9.55 Å². The Morgan fingerprint density at radius 2 is 2.33 bits per heavy atom. The van der Waals surface area contributed by atoms with E-state index in [-0.39, 0.29) is 18.6 Å². The molecule has 0 amide bonds. The maximum Gasteiger partial charge on any atom is 0.330 e. The van der Waals surface area contributed by atoms with Crippen LogP contribution in [0.4, 0.5) is 0 Å². The van der Waals surface area contributed by atoms with Crippen molar-refractivity contribution in [3.8, 4) is 12.3 Å². The molecule has 96 valence electrons. The fraction of sp³-hybridized carbons (Fsp3) is 0.455. The summed E-state index contributed by atoms with van der Waals surface area (Å²) in [5.74, 6) is 2.15. The summed E-state index contributed by atoms with van der Waals surface area (Å²) in [6, 6.07) is 0. The highest BCUT2D eigenvalue weighted by molar-refractivity contribution is 5.26. The third kappa shape index (κ3) is 2.09. The van der Waals surface area contributed by atoms with Crippen molar-refractivity contribution >= 4 is 0 Å². The minimum atomic E-state index is -0.867. The van der Waals surface area contributed by atoms with Gasteiger partial charge < -0.3 is 14.9 Å². The Morgan fingerprint density at radius 3 is 2.89 bits per heavy atom. The number of nitrogens with zero attached hydrogens (tertiary/aromatic N) is 1. The molecule has 0 saturated carbocycles. The summed E-state index contributed by atoms with van der Waals surface area (Å²) in [4.78, 5) is 25.0. The number of hydrogen-bond acceptors (Lipinski definition) is 5. The molecule has 3 atom stereocenters. The Balaban J connectivity index is 2.39. The van der Waals surface area contributed by atoms with Crippen LogP contribution in [0.25, 0.3) is 0 Å². The predicted octanol–water partition coefficient (Wildman–Crippen LogP) is -1.84. The number of aromatic amines is 1. The maximum absolute atomic E-state index is 11.6. The molecular weight excluding hydrogens is 241 g/mol. The lowest BCUT2D eigenvalue weighted by Crippen LogP contribution is -2.33. The second-order valence-corrected chi connectivity index (χ2v) is 3.97. The van der Waals surface area contributed by atoms with E-state index in [0.717, 1.165) is 4.57 Å². The Morgan fingerprint density at radius 1 is 1.61 bits per heavy atom. The SMILES string of the molecule is C#[13C]c1cn([C@H]2C[C@@H](O)[C@@H](CO)O2)c(=O)[nH]c1=O. The van der Waals surface area contributed by atoms with E-state index in [9.17, 15) is 14.7 Å². The Hall–Kier alpha value is -1.88. The highest BCUT2D eigenvalue weighted by atomic mass is 16.5. The summed E-state index contributed by atoms with van der Waals surface area (Å²) in [7, 11) is 0. The van der Waals surface area contributed by atoms with Crippen molar-refractivity contribution in [3.05, 3.63) is 32.6 Å². The third-order valence-corrected chi connectivity index (χ3v) is 2.82. The summed E-state index contributed by atoms with van der Waals surface area (Å²) in [6.07, 6.45) is 4.11. The quantitative estimate of drug-likeness (QED) is 0.424. The summed E-state index contributed by atoms with van der Waals surface area (Å²) < 4.78 is 6.41. The molecule has 1 aromatic heterocycles. The molecule has 7 nitrogen and oxygen atoms in total. The zero-order valence-corrected chi connectivity index (χ0v) is 9.37. The summed E-state index contributed by atoms with van der Waals surface area (Å²) >= 11 is 0. The Kier molecular flexibility index (Phi) is 3.34. The summed E-state index contributed by atoms with van der Waals surface area (Å²) in [6.45, 7) is -0.349. The van der Waals surface area contributed by atoms with Gasteiger partial charge in [-0.25, -0.2) is 4.79 Å². The first-order valence-electron chi connectivity index (χ1n) is 5.33. The van der Waals surface area contributed by atoms with Crippen LogP contribution in [0, 0.1) is 12.3 Å². The molecule has 18 heavy (non-hydrogen) atoms. The van der Waals surface area contributed by atoms with Crippen LogP contribution in [-0.2, 0) is 4.74 Å². The van der Waals surface area contributed by atoms with Gasteiger partial charge in [-0.15, -0.1) is 6.42 Å². The van der Waals surface area contributed by atoms with Crippen molar-refractivity contribution in [2.75, 3.05) is 6.61 Å². The molecule has 0 bridgehead atoms. The first kappa shape index (κ1) is 12.6. The van der Waals surface area contributed by atoms with E-state index in [0.29, 0.717) is 0 Å². The monoisotopic (exact) mass is 253 g/mol. The predicted molar refractivity (Wildman–Crippen MR) is 60.9 cm³/mol. The van der Waals surface area contributed by atoms with Gasteiger partial charge in [-0.2, -0.15) is 0 Å². The smallest absolute Gasteiger partial charge is 0.330 e. The molecule has 1 aliphatic rings. The van der Waals surface area contributed by atoms with E-state index in [2.05, 4.69) is 10.9 Å². The maximum atomic E-state index is 11.6. The van der Waals surface area contributed by atoms with Gasteiger partial charge in [0.15, 0.2) is 0 Å². The standard InChI is InChI=1S/C11H12N2O5/c1-2-6-4-13(11(17)12-10(6)16)9-3-7(15)8(5-14)18-9/h1,4,7-9,14-15H,3,5H2,(H,12,16,17)/t7-,8-,9-/m1/s1/i2+1. The number of H-pyrrole nitrogens is 1. The molecule has 0 aliphatic carbocycles. The van der Waals surface area contributed by atoms with Crippen molar-refractivity contribution in [1.29, 1.82) is 0 Å². The topological polar surface area (TPSA) is 105 Å². The van der Waals surface area contributed by atoms with E-state index in [1.807, 2.05) is 0 Å². The molecule has 0 spiro atoms. The Labute approximate surface area is 102 Å². The van der Waals surface area contributed by atoms with Crippen LogP contribution in [0.5, 0.6) is 0 Å². The van der Waals surface area contributed by atoms with E-state index >= 15 is 0 Å². The molecule has 3 N–H and O–H groups in total. The molecule has 2 heterocycles. The molecule has 1 aromatic rings. The van der Waals surface area contributed by atoms with Crippen LogP contribution in [0.3, 0.4) is 0 Å². The zero-order chi connectivity index (χ0) is 13.3. The van der Waals surface area contributed by atoms with E-state index in [1.54, 1.807) is 0 Å². The molecule has 1 saturated heterocycles. The second-order valence-electron chi connectivity index (χ2n) is 3.97. The minimum absolute atomic E-state index is 0.000128. The number of rotatable bonds is 2. The number of terminal acetylenes is 1. The van der Waals surface area contributed by atoms with Gasteiger partial charge in [-0.1, -0.05) is 5.92 Å². The van der Waals surface area contributed by atoms with E-state index in [1.165, 1.54) is 6.20 Å². The summed E-state index contributed by atoms with van der Waals surface area (Å²) in [5, 5.41) is 18.5. The molecule has 1 aliphatic heterocycles. The number of ether oxygens (including phenoxy) is 1. The number of aliphatic hydroxyl groups excluding tert-OH is 2. The highest BCUT2D eigenvalue weighted by Crippen LogP contribution is 2.27. The van der Waals surface area contributed by atoms with Crippen LogP contribution in [0.15, 0.2) is 15.8 Å². The lowest BCUT2D eigenvalue weighted by Gasteiger charge is -2.14. The van der Waals surface area contributed by atoms with Crippen molar-refractivity contribution in [2.45, 2.75) is 24.9 Å². The molecule has 0 radical (unpaired) electrons. The van der Waals surface area contributed by atoms with E-state index in [4.69, 9.17) is 16.3 Å². The molecule has 0 aromatic carbocycles. The highest BCUT2D eigenvalue weighted by Gasteiger charge is 2.35. The lowest BCUT2D eigenvalue weighted by atomic mass is 10.2. The number of aromatic nitrogens is 2. The van der Waals surface area contributed by atoms with Crippen LogP contribution < -0.4 is 11.2 Å². The largest absolute Gasteiger partial charge is 0.394 e. The van der Waals surface area contributed by atoms with Crippen molar-refractivity contribution in [2.24, 2.45) is 0 Å². The average Bonchev–Trinajstić information content (AvgIpc) is 2.70. The first-order valence-corrected chi connectivity index (χ1v) is 5.33. The molecular formula is C11H12N2O5. The van der Waals surface area contributed by atoms with Gasteiger partial charge in [-0.3, -0.25) is 14.3 Å². The fourth-order valence-electron chi connectivity index (χ4n) is 1.85. The van der Waals surface area contributed by atoms with Gasteiger partial charge in [-0.05, 0) is 0 Å². The third-order valence-electron chi connectivity index (χ3n) is 2.82. The first-order chi connectivity index (χ1) is 8.56.